The number of carbonyl (C=O) groups is 1. The number of anilines is 1. The molecule has 1 aromatic rings. The smallest absolute Gasteiger partial charge is 0.293 e. The fourth-order valence-electron chi connectivity index (χ4n) is 2.22. The molecule has 1 atom stereocenters. The molecule has 0 aliphatic carbocycles. The average molecular weight is 280 g/mol. The van der Waals surface area contributed by atoms with Crippen LogP contribution in [0.1, 0.15) is 24.2 Å². The Balaban J connectivity index is 2.44. The van der Waals surface area contributed by atoms with Gasteiger partial charge >= 0.3 is 0 Å². The second-order valence-corrected chi connectivity index (χ2v) is 5.78. The molecule has 0 N–H and O–H groups in total. The number of carbonyl (C=O) groups excluding carboxylic acids is 1. The highest BCUT2D eigenvalue weighted by molar-refractivity contribution is 7.99. The molecule has 0 saturated carbocycles. The number of thioether (sulfide) groups is 1. The third kappa shape index (κ3) is 2.89. The molecule has 102 valence electrons. The third-order valence-corrected chi connectivity index (χ3v) is 4.45. The molecule has 19 heavy (non-hydrogen) atoms. The second-order valence-electron chi connectivity index (χ2n) is 4.63. The van der Waals surface area contributed by atoms with Gasteiger partial charge in [0, 0.05) is 35.7 Å². The van der Waals surface area contributed by atoms with Gasteiger partial charge in [-0.15, -0.1) is 0 Å². The minimum Gasteiger partial charge on any atom is -0.362 e. The molecule has 1 fully saturated rings. The summed E-state index contributed by atoms with van der Waals surface area (Å²) in [5.74, 6) is 1.78. The lowest BCUT2D eigenvalue weighted by atomic mass is 10.1. The van der Waals surface area contributed by atoms with Gasteiger partial charge in [-0.2, -0.15) is 11.8 Å². The number of ketones is 1. The highest BCUT2D eigenvalue weighted by atomic mass is 32.2. The number of benzene rings is 1. The maximum atomic E-state index is 11.3. The van der Waals surface area contributed by atoms with E-state index in [2.05, 4.69) is 11.8 Å². The average Bonchev–Trinajstić information content (AvgIpc) is 2.38. The first kappa shape index (κ1) is 13.9. The van der Waals surface area contributed by atoms with Gasteiger partial charge in [0.1, 0.15) is 5.69 Å². The lowest BCUT2D eigenvalue weighted by Crippen LogP contribution is -2.40. The summed E-state index contributed by atoms with van der Waals surface area (Å²) in [4.78, 5) is 24.2. The van der Waals surface area contributed by atoms with Crippen molar-refractivity contribution in [1.29, 1.82) is 0 Å². The van der Waals surface area contributed by atoms with Crippen molar-refractivity contribution >= 4 is 28.9 Å². The summed E-state index contributed by atoms with van der Waals surface area (Å²) in [6.45, 7) is 4.28. The zero-order valence-electron chi connectivity index (χ0n) is 11.0. The van der Waals surface area contributed by atoms with E-state index in [1.54, 1.807) is 12.1 Å². The molecule has 0 bridgehead atoms. The van der Waals surface area contributed by atoms with Crippen LogP contribution in [-0.2, 0) is 0 Å². The van der Waals surface area contributed by atoms with Gasteiger partial charge in [0.2, 0.25) is 0 Å². The molecule has 0 radical (unpaired) electrons. The van der Waals surface area contributed by atoms with E-state index < -0.39 is 4.92 Å². The van der Waals surface area contributed by atoms with Gasteiger partial charge in [0.05, 0.1) is 4.92 Å². The minimum atomic E-state index is -0.407. The highest BCUT2D eigenvalue weighted by Gasteiger charge is 2.26. The second kappa shape index (κ2) is 5.61. The van der Waals surface area contributed by atoms with Gasteiger partial charge in [-0.1, -0.05) is 0 Å². The molecule has 1 heterocycles. The SMILES string of the molecule is CC(=O)c1ccc(N2CCSCC2C)c([N+](=O)[O-])c1. The lowest BCUT2D eigenvalue weighted by molar-refractivity contribution is -0.384. The third-order valence-electron chi connectivity index (χ3n) is 3.26. The Morgan fingerprint density at radius 2 is 2.26 bits per heavy atom. The predicted molar refractivity (Wildman–Crippen MR) is 77.2 cm³/mol. The number of hydrogen-bond acceptors (Lipinski definition) is 5. The Morgan fingerprint density at radius 1 is 1.53 bits per heavy atom. The summed E-state index contributed by atoms with van der Waals surface area (Å²) in [6, 6.07) is 5.01. The number of rotatable bonds is 3. The molecule has 0 spiro atoms. The monoisotopic (exact) mass is 280 g/mol. The van der Waals surface area contributed by atoms with Crippen LogP contribution in [0.2, 0.25) is 0 Å². The summed E-state index contributed by atoms with van der Waals surface area (Å²) in [7, 11) is 0. The zero-order valence-corrected chi connectivity index (χ0v) is 11.8. The fourth-order valence-corrected chi connectivity index (χ4v) is 3.23. The van der Waals surface area contributed by atoms with Gasteiger partial charge < -0.3 is 4.90 Å². The molecule has 0 aromatic heterocycles. The summed E-state index contributed by atoms with van der Waals surface area (Å²) in [5.41, 5.74) is 1.02. The van der Waals surface area contributed by atoms with Crippen LogP contribution in [0.4, 0.5) is 11.4 Å². The van der Waals surface area contributed by atoms with Crippen molar-refractivity contribution in [2.24, 2.45) is 0 Å². The van der Waals surface area contributed by atoms with E-state index in [9.17, 15) is 14.9 Å². The largest absolute Gasteiger partial charge is 0.362 e. The van der Waals surface area contributed by atoms with Crippen LogP contribution in [0.15, 0.2) is 18.2 Å². The van der Waals surface area contributed by atoms with E-state index in [0.29, 0.717) is 11.3 Å². The number of Topliss-reactive ketones (excluding diaryl/α,β-unsaturated/α-hetero) is 1. The first-order valence-corrected chi connectivity index (χ1v) is 7.30. The van der Waals surface area contributed by atoms with Crippen molar-refractivity contribution in [3.8, 4) is 0 Å². The Morgan fingerprint density at radius 3 is 2.84 bits per heavy atom. The number of nitro benzene ring substituents is 1. The summed E-state index contributed by atoms with van der Waals surface area (Å²) in [6.07, 6.45) is 0. The Labute approximate surface area is 116 Å². The predicted octanol–water partition coefficient (Wildman–Crippen LogP) is 2.74. The maximum absolute atomic E-state index is 11.3. The Bertz CT molecular complexity index is 519. The molecular weight excluding hydrogens is 264 g/mol. The van der Waals surface area contributed by atoms with E-state index in [1.807, 2.05) is 11.8 Å². The molecule has 0 amide bonds. The van der Waals surface area contributed by atoms with Gasteiger partial charge in [0.25, 0.3) is 5.69 Å². The van der Waals surface area contributed by atoms with Crippen molar-refractivity contribution in [2.45, 2.75) is 19.9 Å². The Kier molecular flexibility index (Phi) is 4.09. The van der Waals surface area contributed by atoms with Crippen LogP contribution < -0.4 is 4.90 Å². The highest BCUT2D eigenvalue weighted by Crippen LogP contribution is 2.33. The van der Waals surface area contributed by atoms with E-state index in [-0.39, 0.29) is 17.5 Å². The van der Waals surface area contributed by atoms with Crippen LogP contribution >= 0.6 is 11.8 Å². The van der Waals surface area contributed by atoms with Crippen molar-refractivity contribution in [3.05, 3.63) is 33.9 Å². The molecule has 1 aliphatic heterocycles. The maximum Gasteiger partial charge on any atom is 0.293 e. The molecule has 6 heteroatoms. The quantitative estimate of drug-likeness (QED) is 0.484. The van der Waals surface area contributed by atoms with Crippen LogP contribution in [0, 0.1) is 10.1 Å². The van der Waals surface area contributed by atoms with Gasteiger partial charge in [-0.05, 0) is 26.0 Å². The molecule has 1 saturated heterocycles. The number of nitrogens with zero attached hydrogens (tertiary/aromatic N) is 2. The van der Waals surface area contributed by atoms with E-state index in [4.69, 9.17) is 0 Å². The summed E-state index contributed by atoms with van der Waals surface area (Å²) >= 11 is 1.86. The summed E-state index contributed by atoms with van der Waals surface area (Å²) in [5, 5.41) is 11.2. The zero-order chi connectivity index (χ0) is 14.0. The van der Waals surface area contributed by atoms with Crippen molar-refractivity contribution in [2.75, 3.05) is 23.0 Å². The molecule has 1 aromatic carbocycles. The van der Waals surface area contributed by atoms with E-state index in [1.165, 1.54) is 13.0 Å². The van der Waals surface area contributed by atoms with Crippen LogP contribution in [0.5, 0.6) is 0 Å². The van der Waals surface area contributed by atoms with Crippen LogP contribution in [0.25, 0.3) is 0 Å². The van der Waals surface area contributed by atoms with Gasteiger partial charge in [-0.3, -0.25) is 14.9 Å². The normalized spacial score (nSPS) is 19.3. The standard InChI is InChI=1S/C13H16N2O3S/c1-9-8-19-6-5-14(9)12-4-3-11(10(2)16)7-13(12)15(17)18/h3-4,7,9H,5-6,8H2,1-2H3. The van der Waals surface area contributed by atoms with Crippen molar-refractivity contribution in [3.63, 3.8) is 0 Å². The number of nitro groups is 1. The van der Waals surface area contributed by atoms with Crippen LogP contribution in [0.3, 0.4) is 0 Å². The molecule has 1 unspecified atom stereocenters. The summed E-state index contributed by atoms with van der Waals surface area (Å²) < 4.78 is 0. The van der Waals surface area contributed by atoms with Gasteiger partial charge in [-0.25, -0.2) is 0 Å². The molecule has 1 aliphatic rings. The van der Waals surface area contributed by atoms with E-state index in [0.717, 1.165) is 18.1 Å². The lowest BCUT2D eigenvalue weighted by Gasteiger charge is -2.34. The van der Waals surface area contributed by atoms with Crippen LogP contribution in [-0.4, -0.2) is 34.8 Å². The first-order valence-electron chi connectivity index (χ1n) is 6.14. The minimum absolute atomic E-state index is 0.0199. The van der Waals surface area contributed by atoms with E-state index >= 15 is 0 Å². The first-order chi connectivity index (χ1) is 9.00. The topological polar surface area (TPSA) is 63.5 Å². The molecule has 5 nitrogen and oxygen atoms in total. The molecular formula is C13H16N2O3S. The fraction of sp³-hybridized carbons (Fsp3) is 0.462. The van der Waals surface area contributed by atoms with Gasteiger partial charge in [0.15, 0.2) is 5.78 Å². The number of hydrogen-bond donors (Lipinski definition) is 0. The van der Waals surface area contributed by atoms with Crippen molar-refractivity contribution in [1.82, 2.24) is 0 Å². The Hall–Kier alpha value is -1.56. The van der Waals surface area contributed by atoms with Crippen molar-refractivity contribution < 1.29 is 9.72 Å². The molecule has 2 rings (SSSR count).